The molecule has 0 bridgehead atoms. The Hall–Kier alpha value is -6.96. The second-order valence-corrected chi connectivity index (χ2v) is 14.1. The van der Waals surface area contributed by atoms with Crippen LogP contribution in [0.2, 0.25) is 0 Å². The molecule has 0 fully saturated rings. The van der Waals surface area contributed by atoms with Gasteiger partial charge in [0, 0.05) is 49.5 Å². The summed E-state index contributed by atoms with van der Waals surface area (Å²) in [6, 6.07) is 56.4. The molecule has 11 aromatic rings. The molecular weight excluding hydrogens is 671 g/mol. The highest BCUT2D eigenvalue weighted by atomic mass is 32.1. The fourth-order valence-electron chi connectivity index (χ4n) is 7.35. The Kier molecular flexibility index (Phi) is 6.62. The number of aromatic nitrogens is 5. The van der Waals surface area contributed by atoms with Gasteiger partial charge in [0.05, 0.1) is 21.3 Å². The maximum Gasteiger partial charge on any atom is 0.164 e. The van der Waals surface area contributed by atoms with Crippen LogP contribution in [0.15, 0.2) is 168 Å². The first-order valence-electron chi connectivity index (χ1n) is 17.5. The van der Waals surface area contributed by atoms with Gasteiger partial charge in [0.1, 0.15) is 16.2 Å². The number of fused-ring (bicyclic) bond motifs is 7. The second kappa shape index (κ2) is 11.8. The van der Waals surface area contributed by atoms with E-state index in [1.165, 1.54) is 15.5 Å². The Morgan fingerprint density at radius 3 is 1.87 bits per heavy atom. The molecule has 53 heavy (non-hydrogen) atoms. The van der Waals surface area contributed by atoms with E-state index < -0.39 is 0 Å². The maximum atomic E-state index is 6.11. The highest BCUT2D eigenvalue weighted by molar-refractivity contribution is 7.21. The van der Waals surface area contributed by atoms with Gasteiger partial charge in [-0.05, 0) is 72.8 Å². The number of benzene rings is 7. The number of furan rings is 1. The van der Waals surface area contributed by atoms with Gasteiger partial charge in [-0.2, -0.15) is 0 Å². The SMILES string of the molecule is c1ccc(-c2nc(-c3ccc(-n4c5ccccc5c5ccc(-c6nc7ccccc7s6)cc54)cc3)nc(-c3ccc4oc5ccccc5c4c3)n2)cc1. The van der Waals surface area contributed by atoms with Crippen LogP contribution in [0.1, 0.15) is 0 Å². The van der Waals surface area contributed by atoms with Crippen LogP contribution in [0.5, 0.6) is 0 Å². The minimum absolute atomic E-state index is 0.606. The van der Waals surface area contributed by atoms with Crippen molar-refractivity contribution in [2.75, 3.05) is 0 Å². The first kappa shape index (κ1) is 29.7. The summed E-state index contributed by atoms with van der Waals surface area (Å²) in [6.45, 7) is 0. The Balaban J connectivity index is 1.04. The van der Waals surface area contributed by atoms with Crippen LogP contribution in [-0.2, 0) is 0 Å². The molecule has 4 aromatic heterocycles. The zero-order valence-electron chi connectivity index (χ0n) is 28.1. The zero-order chi connectivity index (χ0) is 34.9. The molecule has 0 aliphatic heterocycles. The van der Waals surface area contributed by atoms with E-state index in [4.69, 9.17) is 24.4 Å². The molecule has 0 spiro atoms. The van der Waals surface area contributed by atoms with Gasteiger partial charge in [-0.3, -0.25) is 0 Å². The Morgan fingerprint density at radius 2 is 1.04 bits per heavy atom. The molecular formula is C46H27N5OS. The number of hydrogen-bond donors (Lipinski definition) is 0. The molecule has 0 aliphatic rings. The third kappa shape index (κ3) is 4.93. The van der Waals surface area contributed by atoms with Crippen LogP contribution >= 0.6 is 11.3 Å². The van der Waals surface area contributed by atoms with Crippen molar-refractivity contribution in [3.05, 3.63) is 164 Å². The number of hydrogen-bond acceptors (Lipinski definition) is 6. The maximum absolute atomic E-state index is 6.11. The quantitative estimate of drug-likeness (QED) is 0.179. The minimum Gasteiger partial charge on any atom is -0.456 e. The summed E-state index contributed by atoms with van der Waals surface area (Å²) < 4.78 is 9.63. The number of nitrogens with zero attached hydrogens (tertiary/aromatic N) is 5. The second-order valence-electron chi connectivity index (χ2n) is 13.1. The van der Waals surface area contributed by atoms with E-state index in [9.17, 15) is 0 Å². The molecule has 0 atom stereocenters. The summed E-state index contributed by atoms with van der Waals surface area (Å²) in [6.07, 6.45) is 0. The van der Waals surface area contributed by atoms with Crippen molar-refractivity contribution >= 4 is 65.3 Å². The van der Waals surface area contributed by atoms with Crippen LogP contribution in [-0.4, -0.2) is 24.5 Å². The normalized spacial score (nSPS) is 11.8. The smallest absolute Gasteiger partial charge is 0.164 e. The van der Waals surface area contributed by atoms with E-state index in [0.717, 1.165) is 71.4 Å². The molecule has 0 saturated heterocycles. The van der Waals surface area contributed by atoms with Crippen LogP contribution in [0.25, 0.3) is 104 Å². The third-order valence-electron chi connectivity index (χ3n) is 9.90. The fourth-order valence-corrected chi connectivity index (χ4v) is 8.31. The van der Waals surface area contributed by atoms with Crippen molar-refractivity contribution in [2.45, 2.75) is 0 Å². The molecule has 0 radical (unpaired) electrons. The van der Waals surface area contributed by atoms with Crippen molar-refractivity contribution in [1.29, 1.82) is 0 Å². The topological polar surface area (TPSA) is 69.6 Å². The van der Waals surface area contributed by atoms with E-state index in [-0.39, 0.29) is 0 Å². The molecule has 0 unspecified atom stereocenters. The summed E-state index contributed by atoms with van der Waals surface area (Å²) in [7, 11) is 0. The van der Waals surface area contributed by atoms with E-state index in [1.807, 2.05) is 66.7 Å². The summed E-state index contributed by atoms with van der Waals surface area (Å²) in [5, 5.41) is 5.52. The predicted octanol–water partition coefficient (Wildman–Crippen LogP) is 12.1. The van der Waals surface area contributed by atoms with E-state index in [2.05, 4.69) is 102 Å². The van der Waals surface area contributed by atoms with Gasteiger partial charge < -0.3 is 8.98 Å². The minimum atomic E-state index is 0.606. The van der Waals surface area contributed by atoms with Gasteiger partial charge in [-0.15, -0.1) is 11.3 Å². The lowest BCUT2D eigenvalue weighted by Crippen LogP contribution is -2.00. The highest BCUT2D eigenvalue weighted by Crippen LogP contribution is 2.38. The standard InChI is InChI=1S/C46H27N5OS/c1-2-10-28(11-3-1)43-48-44(50-45(49-43)30-21-25-41-36(26-30)35-13-5-8-16-40(35)52-41)29-18-22-32(23-19-29)51-38-15-7-4-12-33(38)34-24-20-31(27-39(34)51)46-47-37-14-6-9-17-42(37)53-46/h1-27H. The fraction of sp³-hybridized carbons (Fsp3) is 0. The summed E-state index contributed by atoms with van der Waals surface area (Å²) in [5.74, 6) is 1.84. The van der Waals surface area contributed by atoms with Gasteiger partial charge in [-0.25, -0.2) is 19.9 Å². The van der Waals surface area contributed by atoms with Gasteiger partial charge in [0.25, 0.3) is 0 Å². The Bertz CT molecular complexity index is 3140. The van der Waals surface area contributed by atoms with Gasteiger partial charge in [0.2, 0.25) is 0 Å². The first-order chi connectivity index (χ1) is 26.2. The number of rotatable bonds is 5. The average molecular weight is 698 g/mol. The van der Waals surface area contributed by atoms with E-state index >= 15 is 0 Å². The average Bonchev–Trinajstić information content (AvgIpc) is 3.92. The molecule has 6 nitrogen and oxygen atoms in total. The van der Waals surface area contributed by atoms with Gasteiger partial charge in [-0.1, -0.05) is 91.0 Å². The molecule has 248 valence electrons. The third-order valence-corrected chi connectivity index (χ3v) is 11.0. The van der Waals surface area contributed by atoms with Crippen molar-refractivity contribution < 1.29 is 4.42 Å². The zero-order valence-corrected chi connectivity index (χ0v) is 29.0. The molecule has 0 saturated carbocycles. The largest absolute Gasteiger partial charge is 0.456 e. The predicted molar refractivity (Wildman–Crippen MR) is 216 cm³/mol. The monoisotopic (exact) mass is 697 g/mol. The molecule has 7 aromatic carbocycles. The van der Waals surface area contributed by atoms with Crippen molar-refractivity contribution in [3.8, 4) is 50.4 Å². The lowest BCUT2D eigenvalue weighted by molar-refractivity contribution is 0.669. The van der Waals surface area contributed by atoms with Crippen LogP contribution in [0.3, 0.4) is 0 Å². The van der Waals surface area contributed by atoms with Crippen LogP contribution < -0.4 is 0 Å². The van der Waals surface area contributed by atoms with Crippen molar-refractivity contribution in [3.63, 3.8) is 0 Å². The molecule has 0 amide bonds. The lowest BCUT2D eigenvalue weighted by Gasteiger charge is -2.11. The Labute approximate surface area is 307 Å². The molecule has 0 aliphatic carbocycles. The molecule has 7 heteroatoms. The molecule has 11 rings (SSSR count). The van der Waals surface area contributed by atoms with Gasteiger partial charge in [0.15, 0.2) is 17.5 Å². The summed E-state index contributed by atoms with van der Waals surface area (Å²) in [5.41, 5.74) is 9.88. The first-order valence-corrected chi connectivity index (χ1v) is 18.3. The van der Waals surface area contributed by atoms with Crippen molar-refractivity contribution in [1.82, 2.24) is 24.5 Å². The van der Waals surface area contributed by atoms with Crippen LogP contribution in [0, 0.1) is 0 Å². The Morgan fingerprint density at radius 1 is 0.415 bits per heavy atom. The number of para-hydroxylation sites is 3. The van der Waals surface area contributed by atoms with Crippen LogP contribution in [0.4, 0.5) is 0 Å². The van der Waals surface area contributed by atoms with E-state index in [0.29, 0.717) is 17.5 Å². The summed E-state index contributed by atoms with van der Waals surface area (Å²) in [4.78, 5) is 20.0. The highest BCUT2D eigenvalue weighted by Gasteiger charge is 2.17. The molecule has 4 heterocycles. The molecule has 0 N–H and O–H groups in total. The van der Waals surface area contributed by atoms with Gasteiger partial charge >= 0.3 is 0 Å². The number of thiazole rings is 1. The van der Waals surface area contributed by atoms with Crippen molar-refractivity contribution in [2.24, 2.45) is 0 Å². The van der Waals surface area contributed by atoms with E-state index in [1.54, 1.807) is 11.3 Å². The lowest BCUT2D eigenvalue weighted by atomic mass is 10.1. The summed E-state index contributed by atoms with van der Waals surface area (Å²) >= 11 is 1.72.